The predicted molar refractivity (Wildman–Crippen MR) is 96.2 cm³/mol. The molecule has 1 unspecified atom stereocenters. The largest absolute Gasteiger partial charge is 0.356 e. The lowest BCUT2D eigenvalue weighted by Crippen LogP contribution is -2.43. The first kappa shape index (κ1) is 19.4. The van der Waals surface area contributed by atoms with Gasteiger partial charge in [0.2, 0.25) is 10.0 Å². The highest BCUT2D eigenvalue weighted by Gasteiger charge is 2.05. The van der Waals surface area contributed by atoms with E-state index in [1.165, 1.54) is 5.56 Å². The molecule has 0 heterocycles. The standard InChI is InChI=1S/C16H28N4O2S/c1-14(10-11-15-8-5-4-6-9-15)20-16(17-2)18-12-7-13-19-23(3,21)22/h4-6,8-9,14,19H,7,10-13H2,1-3H3,(H2,17,18,20). The summed E-state index contributed by atoms with van der Waals surface area (Å²) < 4.78 is 24.4. The molecule has 6 nitrogen and oxygen atoms in total. The van der Waals surface area contributed by atoms with E-state index in [1.807, 2.05) is 6.07 Å². The van der Waals surface area contributed by atoms with Gasteiger partial charge in [-0.25, -0.2) is 13.1 Å². The van der Waals surface area contributed by atoms with E-state index in [9.17, 15) is 8.42 Å². The van der Waals surface area contributed by atoms with Gasteiger partial charge in [0, 0.05) is 26.2 Å². The summed E-state index contributed by atoms with van der Waals surface area (Å²) in [6.45, 7) is 3.21. The number of aryl methyl sites for hydroxylation is 1. The van der Waals surface area contributed by atoms with Crippen LogP contribution in [0.15, 0.2) is 35.3 Å². The van der Waals surface area contributed by atoms with Crippen LogP contribution in [0.4, 0.5) is 0 Å². The molecule has 0 bridgehead atoms. The Kier molecular flexibility index (Phi) is 8.65. The fourth-order valence-electron chi connectivity index (χ4n) is 2.08. The van der Waals surface area contributed by atoms with Gasteiger partial charge in [0.15, 0.2) is 5.96 Å². The maximum atomic E-state index is 11.0. The maximum absolute atomic E-state index is 11.0. The first-order valence-corrected chi connectivity index (χ1v) is 9.75. The first-order chi connectivity index (χ1) is 10.9. The predicted octanol–water partition coefficient (Wildman–Crippen LogP) is 1.11. The summed E-state index contributed by atoms with van der Waals surface area (Å²) in [5.74, 6) is 0.741. The van der Waals surface area contributed by atoms with E-state index in [0.717, 1.165) is 25.1 Å². The second-order valence-electron chi connectivity index (χ2n) is 5.59. The summed E-state index contributed by atoms with van der Waals surface area (Å²) in [6.07, 6.45) is 3.89. The third kappa shape index (κ3) is 9.91. The van der Waals surface area contributed by atoms with Crippen molar-refractivity contribution in [2.45, 2.75) is 32.2 Å². The van der Waals surface area contributed by atoms with Crippen molar-refractivity contribution in [2.24, 2.45) is 4.99 Å². The Balaban J connectivity index is 2.22. The molecule has 130 valence electrons. The average Bonchev–Trinajstić information content (AvgIpc) is 2.51. The molecule has 0 aliphatic rings. The molecule has 0 saturated heterocycles. The Labute approximate surface area is 139 Å². The molecule has 1 aromatic carbocycles. The second-order valence-corrected chi connectivity index (χ2v) is 7.42. The van der Waals surface area contributed by atoms with E-state index in [0.29, 0.717) is 25.6 Å². The number of hydrogen-bond acceptors (Lipinski definition) is 3. The Hall–Kier alpha value is -1.60. The highest BCUT2D eigenvalue weighted by molar-refractivity contribution is 7.88. The zero-order valence-electron chi connectivity index (χ0n) is 14.2. The van der Waals surface area contributed by atoms with E-state index >= 15 is 0 Å². The highest BCUT2D eigenvalue weighted by Crippen LogP contribution is 2.04. The highest BCUT2D eigenvalue weighted by atomic mass is 32.2. The van der Waals surface area contributed by atoms with Gasteiger partial charge in [-0.05, 0) is 31.7 Å². The lowest BCUT2D eigenvalue weighted by atomic mass is 10.1. The van der Waals surface area contributed by atoms with Crippen molar-refractivity contribution in [3.05, 3.63) is 35.9 Å². The number of benzene rings is 1. The SMILES string of the molecule is CN=C(NCCCNS(C)(=O)=O)NC(C)CCc1ccccc1. The topological polar surface area (TPSA) is 82.6 Å². The maximum Gasteiger partial charge on any atom is 0.208 e. The fraction of sp³-hybridized carbons (Fsp3) is 0.562. The third-order valence-corrected chi connectivity index (χ3v) is 4.05. The minimum Gasteiger partial charge on any atom is -0.356 e. The first-order valence-electron chi connectivity index (χ1n) is 7.86. The van der Waals surface area contributed by atoms with E-state index in [1.54, 1.807) is 7.05 Å². The molecule has 3 N–H and O–H groups in total. The summed E-state index contributed by atoms with van der Waals surface area (Å²) in [6, 6.07) is 10.7. The lowest BCUT2D eigenvalue weighted by Gasteiger charge is -2.18. The molecular weight excluding hydrogens is 312 g/mol. The van der Waals surface area contributed by atoms with Crippen molar-refractivity contribution in [3.8, 4) is 0 Å². The number of aliphatic imine (C=N–C) groups is 1. The van der Waals surface area contributed by atoms with Crippen LogP contribution in [0.1, 0.15) is 25.3 Å². The molecule has 7 heteroatoms. The van der Waals surface area contributed by atoms with Crippen molar-refractivity contribution in [3.63, 3.8) is 0 Å². The van der Waals surface area contributed by atoms with Gasteiger partial charge in [-0.1, -0.05) is 30.3 Å². The minimum atomic E-state index is -3.11. The smallest absolute Gasteiger partial charge is 0.208 e. The Morgan fingerprint density at radius 1 is 1.22 bits per heavy atom. The van der Waals surface area contributed by atoms with Crippen molar-refractivity contribution < 1.29 is 8.42 Å². The number of nitrogens with zero attached hydrogens (tertiary/aromatic N) is 1. The van der Waals surface area contributed by atoms with Crippen LogP contribution >= 0.6 is 0 Å². The van der Waals surface area contributed by atoms with Crippen LogP contribution in [-0.2, 0) is 16.4 Å². The summed E-state index contributed by atoms with van der Waals surface area (Å²) in [5, 5.41) is 6.53. The van der Waals surface area contributed by atoms with Crippen molar-refractivity contribution in [1.29, 1.82) is 0 Å². The molecule has 0 spiro atoms. The van der Waals surface area contributed by atoms with Crippen molar-refractivity contribution in [2.75, 3.05) is 26.4 Å². The minimum absolute atomic E-state index is 0.301. The molecule has 0 fully saturated rings. The summed E-state index contributed by atoms with van der Waals surface area (Å²) in [4.78, 5) is 4.19. The molecule has 0 saturated carbocycles. The normalized spacial score (nSPS) is 13.6. The van der Waals surface area contributed by atoms with Crippen LogP contribution in [0.5, 0.6) is 0 Å². The lowest BCUT2D eigenvalue weighted by molar-refractivity contribution is 0.580. The molecule has 0 aromatic heterocycles. The molecule has 0 radical (unpaired) electrons. The van der Waals surface area contributed by atoms with Crippen LogP contribution in [0, 0.1) is 0 Å². The van der Waals surface area contributed by atoms with Gasteiger partial charge < -0.3 is 10.6 Å². The summed E-state index contributed by atoms with van der Waals surface area (Å²) >= 11 is 0. The molecule has 1 rings (SSSR count). The van der Waals surface area contributed by atoms with Gasteiger partial charge in [0.25, 0.3) is 0 Å². The quantitative estimate of drug-likeness (QED) is 0.357. The Morgan fingerprint density at radius 2 is 1.91 bits per heavy atom. The molecule has 0 aliphatic carbocycles. The summed E-state index contributed by atoms with van der Waals surface area (Å²) in [5.41, 5.74) is 1.33. The van der Waals surface area contributed by atoms with Gasteiger partial charge >= 0.3 is 0 Å². The number of guanidine groups is 1. The van der Waals surface area contributed by atoms with Crippen LogP contribution in [0.25, 0.3) is 0 Å². The number of hydrogen-bond donors (Lipinski definition) is 3. The second kappa shape index (κ2) is 10.2. The van der Waals surface area contributed by atoms with Crippen molar-refractivity contribution in [1.82, 2.24) is 15.4 Å². The van der Waals surface area contributed by atoms with Gasteiger partial charge in [0.05, 0.1) is 6.26 Å². The van der Waals surface area contributed by atoms with E-state index in [-0.39, 0.29) is 0 Å². The summed E-state index contributed by atoms with van der Waals surface area (Å²) in [7, 11) is -1.38. The number of nitrogens with one attached hydrogen (secondary N) is 3. The molecular formula is C16H28N4O2S. The molecule has 0 aliphatic heterocycles. The fourth-order valence-corrected chi connectivity index (χ4v) is 2.60. The van der Waals surface area contributed by atoms with Gasteiger partial charge in [-0.2, -0.15) is 0 Å². The van der Waals surface area contributed by atoms with E-state index in [2.05, 4.69) is 51.5 Å². The van der Waals surface area contributed by atoms with Crippen LogP contribution in [0.3, 0.4) is 0 Å². The third-order valence-electron chi connectivity index (χ3n) is 3.33. The number of sulfonamides is 1. The zero-order chi connectivity index (χ0) is 17.1. The van der Waals surface area contributed by atoms with Crippen LogP contribution in [0.2, 0.25) is 0 Å². The van der Waals surface area contributed by atoms with Gasteiger partial charge in [-0.3, -0.25) is 4.99 Å². The van der Waals surface area contributed by atoms with Gasteiger partial charge in [-0.15, -0.1) is 0 Å². The van der Waals surface area contributed by atoms with E-state index < -0.39 is 10.0 Å². The Morgan fingerprint density at radius 3 is 2.52 bits per heavy atom. The molecule has 1 aromatic rings. The Bertz CT molecular complexity index is 573. The molecule has 0 amide bonds. The van der Waals surface area contributed by atoms with Crippen LogP contribution < -0.4 is 15.4 Å². The average molecular weight is 340 g/mol. The van der Waals surface area contributed by atoms with E-state index in [4.69, 9.17) is 0 Å². The molecule has 1 atom stereocenters. The van der Waals surface area contributed by atoms with Crippen LogP contribution in [-0.4, -0.2) is 46.8 Å². The van der Waals surface area contributed by atoms with Crippen molar-refractivity contribution >= 4 is 16.0 Å². The monoisotopic (exact) mass is 340 g/mol. The molecule has 23 heavy (non-hydrogen) atoms. The van der Waals surface area contributed by atoms with Gasteiger partial charge in [0.1, 0.15) is 0 Å². The number of rotatable bonds is 9. The zero-order valence-corrected chi connectivity index (χ0v) is 15.0.